The van der Waals surface area contributed by atoms with Gasteiger partial charge in [0.05, 0.1) is 0 Å². The van der Waals surface area contributed by atoms with Crippen molar-refractivity contribution in [3.05, 3.63) is 0 Å². The van der Waals surface area contributed by atoms with Gasteiger partial charge in [0.2, 0.25) is 0 Å². The maximum atomic E-state index is 6.59. The summed E-state index contributed by atoms with van der Waals surface area (Å²) in [6.07, 6.45) is 21.4. The topological polar surface area (TPSA) is 0 Å². The smallest absolute Gasteiger partial charge is 0.153 e. The second-order valence-corrected chi connectivity index (χ2v) is 14.6. The van der Waals surface area contributed by atoms with E-state index >= 15 is 0 Å². The molecule has 1 unspecified atom stereocenters. The molecule has 0 aromatic rings. The van der Waals surface area contributed by atoms with Gasteiger partial charge in [-0.25, -0.2) is 0 Å². The first-order chi connectivity index (χ1) is 10.5. The summed E-state index contributed by atoms with van der Waals surface area (Å²) in [4.78, 5) is 0. The Kier molecular flexibility index (Phi) is 15.4. The fourth-order valence-corrected chi connectivity index (χ4v) is 6.09. The Labute approximate surface area is 147 Å². The number of hydrogen-bond acceptors (Lipinski definition) is 0. The first kappa shape index (κ1) is 22.5. The van der Waals surface area contributed by atoms with E-state index in [0.717, 1.165) is 5.54 Å². The van der Waals surface area contributed by atoms with Crippen molar-refractivity contribution >= 4 is 18.5 Å². The predicted octanol–water partition coefficient (Wildman–Crippen LogP) is 8.69. The third-order valence-electron chi connectivity index (χ3n) is 5.12. The average Bonchev–Trinajstić information content (AvgIpc) is 2.46. The third-order valence-corrected chi connectivity index (χ3v) is 8.68. The van der Waals surface area contributed by atoms with Crippen LogP contribution in [0.2, 0.25) is 18.6 Å². The largest absolute Gasteiger partial charge is 0.167 e. The zero-order chi connectivity index (χ0) is 16.7. The fourth-order valence-electron chi connectivity index (χ4n) is 3.44. The van der Waals surface area contributed by atoms with Gasteiger partial charge in [-0.2, -0.15) is 11.1 Å². The zero-order valence-corrected chi connectivity index (χ0v) is 17.8. The molecule has 0 rings (SSSR count). The lowest BCUT2D eigenvalue weighted by Crippen LogP contribution is -2.24. The van der Waals surface area contributed by atoms with E-state index < -0.39 is 7.38 Å². The molecule has 2 heteroatoms. The van der Waals surface area contributed by atoms with Crippen LogP contribution in [0.1, 0.15) is 110 Å². The van der Waals surface area contributed by atoms with Crippen LogP contribution in [0.5, 0.6) is 0 Å². The molecule has 0 aliphatic heterocycles. The standard InChI is InChI=1S/C20H43ClSi/c1-5-7-8-9-10-11-12-13-14-15-16-17-18-19-20(6-2)22(3,4)21/h20H,5-19H2,1-4H3. The Bertz CT molecular complexity index is 222. The Morgan fingerprint density at radius 2 is 1.00 bits per heavy atom. The molecule has 0 aromatic carbocycles. The molecular formula is C20H43ClSi. The summed E-state index contributed by atoms with van der Waals surface area (Å²) in [6, 6.07) is 0. The Balaban J connectivity index is 3.24. The van der Waals surface area contributed by atoms with Crippen LogP contribution in [0.4, 0.5) is 0 Å². The number of unbranched alkanes of at least 4 members (excludes halogenated alkanes) is 12. The van der Waals surface area contributed by atoms with Crippen molar-refractivity contribution in [2.24, 2.45) is 0 Å². The van der Waals surface area contributed by atoms with Crippen molar-refractivity contribution in [1.29, 1.82) is 0 Å². The second-order valence-electron chi connectivity index (χ2n) is 7.70. The van der Waals surface area contributed by atoms with E-state index in [1.165, 1.54) is 96.3 Å². The molecule has 0 bridgehead atoms. The lowest BCUT2D eigenvalue weighted by atomic mass is 10.0. The van der Waals surface area contributed by atoms with Crippen molar-refractivity contribution in [1.82, 2.24) is 0 Å². The first-order valence-electron chi connectivity index (χ1n) is 10.2. The normalized spacial score (nSPS) is 13.5. The van der Waals surface area contributed by atoms with Crippen LogP contribution in [0.15, 0.2) is 0 Å². The molecule has 0 fully saturated rings. The van der Waals surface area contributed by atoms with Crippen LogP contribution < -0.4 is 0 Å². The van der Waals surface area contributed by atoms with Crippen LogP contribution in [-0.4, -0.2) is 7.38 Å². The number of halogens is 1. The van der Waals surface area contributed by atoms with Crippen molar-refractivity contribution in [3.63, 3.8) is 0 Å². The molecule has 22 heavy (non-hydrogen) atoms. The van der Waals surface area contributed by atoms with Crippen LogP contribution in [-0.2, 0) is 0 Å². The zero-order valence-electron chi connectivity index (χ0n) is 16.1. The number of rotatable bonds is 16. The minimum Gasteiger partial charge on any atom is -0.167 e. The minimum atomic E-state index is -1.42. The minimum absolute atomic E-state index is 0.821. The lowest BCUT2D eigenvalue weighted by molar-refractivity contribution is 0.530. The van der Waals surface area contributed by atoms with Crippen LogP contribution in [0, 0.1) is 0 Å². The van der Waals surface area contributed by atoms with Gasteiger partial charge in [-0.3, -0.25) is 0 Å². The summed E-state index contributed by atoms with van der Waals surface area (Å²) in [5, 5.41) is 0. The molecule has 1 atom stereocenters. The molecule has 0 spiro atoms. The highest BCUT2D eigenvalue weighted by Gasteiger charge is 2.27. The molecular weight excluding hydrogens is 304 g/mol. The summed E-state index contributed by atoms with van der Waals surface area (Å²) >= 11 is 6.59. The van der Waals surface area contributed by atoms with Gasteiger partial charge >= 0.3 is 0 Å². The molecule has 0 amide bonds. The van der Waals surface area contributed by atoms with E-state index in [2.05, 4.69) is 26.9 Å². The summed E-state index contributed by atoms with van der Waals surface area (Å²) in [5.41, 5.74) is 0.821. The van der Waals surface area contributed by atoms with Gasteiger partial charge in [-0.15, -0.1) is 0 Å². The monoisotopic (exact) mass is 346 g/mol. The Morgan fingerprint density at radius 1 is 0.636 bits per heavy atom. The maximum absolute atomic E-state index is 6.59. The predicted molar refractivity (Wildman–Crippen MR) is 108 cm³/mol. The van der Waals surface area contributed by atoms with Gasteiger partial charge in [0.1, 0.15) is 0 Å². The van der Waals surface area contributed by atoms with Crippen LogP contribution >= 0.6 is 11.1 Å². The first-order valence-corrected chi connectivity index (χ1v) is 14.3. The van der Waals surface area contributed by atoms with Crippen molar-refractivity contribution < 1.29 is 0 Å². The molecule has 0 aromatic heterocycles. The van der Waals surface area contributed by atoms with Gasteiger partial charge in [0.25, 0.3) is 0 Å². The van der Waals surface area contributed by atoms with Crippen molar-refractivity contribution in [2.75, 3.05) is 0 Å². The molecule has 0 radical (unpaired) electrons. The lowest BCUT2D eigenvalue weighted by Gasteiger charge is -2.25. The number of hydrogen-bond donors (Lipinski definition) is 0. The van der Waals surface area contributed by atoms with Crippen molar-refractivity contribution in [2.45, 2.75) is 129 Å². The average molecular weight is 347 g/mol. The summed E-state index contributed by atoms with van der Waals surface area (Å²) in [5.74, 6) is 0. The van der Waals surface area contributed by atoms with Gasteiger partial charge < -0.3 is 0 Å². The quantitative estimate of drug-likeness (QED) is 0.149. The second kappa shape index (κ2) is 15.1. The molecule has 0 aliphatic carbocycles. The summed E-state index contributed by atoms with van der Waals surface area (Å²) in [7, 11) is -1.42. The van der Waals surface area contributed by atoms with Crippen LogP contribution in [0.3, 0.4) is 0 Å². The van der Waals surface area contributed by atoms with E-state index in [4.69, 9.17) is 11.1 Å². The van der Waals surface area contributed by atoms with Gasteiger partial charge in [0.15, 0.2) is 7.38 Å². The fraction of sp³-hybridized carbons (Fsp3) is 1.00. The Hall–Kier alpha value is 0.507. The maximum Gasteiger partial charge on any atom is 0.153 e. The van der Waals surface area contributed by atoms with Gasteiger partial charge in [-0.1, -0.05) is 123 Å². The highest BCUT2D eigenvalue weighted by molar-refractivity contribution is 7.19. The summed E-state index contributed by atoms with van der Waals surface area (Å²) in [6.45, 7) is 9.22. The molecule has 0 saturated heterocycles. The van der Waals surface area contributed by atoms with Gasteiger partial charge in [0, 0.05) is 0 Å². The molecule has 0 nitrogen and oxygen atoms in total. The summed E-state index contributed by atoms with van der Waals surface area (Å²) < 4.78 is 0. The highest BCUT2D eigenvalue weighted by Crippen LogP contribution is 2.33. The molecule has 134 valence electrons. The Morgan fingerprint density at radius 3 is 1.32 bits per heavy atom. The van der Waals surface area contributed by atoms with Gasteiger partial charge in [-0.05, 0) is 5.54 Å². The van der Waals surface area contributed by atoms with Crippen LogP contribution in [0.25, 0.3) is 0 Å². The van der Waals surface area contributed by atoms with E-state index in [1.54, 1.807) is 0 Å². The molecule has 0 N–H and O–H groups in total. The van der Waals surface area contributed by atoms with E-state index in [0.29, 0.717) is 0 Å². The van der Waals surface area contributed by atoms with Crippen molar-refractivity contribution in [3.8, 4) is 0 Å². The SMILES string of the molecule is CCCCCCCCCCCCCCCC(CC)[Si](C)(C)Cl. The molecule has 0 saturated carbocycles. The molecule has 0 heterocycles. The van der Waals surface area contributed by atoms with E-state index in [9.17, 15) is 0 Å². The highest BCUT2D eigenvalue weighted by atomic mass is 35.6. The van der Waals surface area contributed by atoms with E-state index in [-0.39, 0.29) is 0 Å². The molecule has 0 aliphatic rings. The third kappa shape index (κ3) is 14.1. The van der Waals surface area contributed by atoms with E-state index in [1.807, 2.05) is 0 Å².